The van der Waals surface area contributed by atoms with Gasteiger partial charge in [-0.3, -0.25) is 14.0 Å². The van der Waals surface area contributed by atoms with E-state index in [4.69, 9.17) is 5.11 Å². The summed E-state index contributed by atoms with van der Waals surface area (Å²) in [6, 6.07) is 1.51. The van der Waals surface area contributed by atoms with Crippen molar-refractivity contribution in [3.8, 4) is 11.8 Å². The minimum Gasteiger partial charge on any atom is -0.384 e. The lowest BCUT2D eigenvalue weighted by Crippen LogP contribution is -2.34. The molecule has 1 amide bonds. The summed E-state index contributed by atoms with van der Waals surface area (Å²) in [4.78, 5) is 16.1. The predicted octanol–water partition coefficient (Wildman–Crippen LogP) is 0.312. The summed E-state index contributed by atoms with van der Waals surface area (Å²) in [6.07, 6.45) is 5.30. The van der Waals surface area contributed by atoms with E-state index in [-0.39, 0.29) is 18.6 Å². The Morgan fingerprint density at radius 2 is 2.35 bits per heavy atom. The van der Waals surface area contributed by atoms with Gasteiger partial charge in [0.25, 0.3) is 5.91 Å². The van der Waals surface area contributed by atoms with Gasteiger partial charge < -0.3 is 10.4 Å². The molecule has 0 fully saturated rings. The van der Waals surface area contributed by atoms with Crippen molar-refractivity contribution in [2.45, 2.75) is 19.4 Å². The van der Waals surface area contributed by atoms with Gasteiger partial charge in [-0.15, -0.1) is 0 Å². The Balaban J connectivity index is 2.74. The number of carbonyl (C=O) groups excluding carboxylic acids is 1. The highest BCUT2D eigenvalue weighted by Gasteiger charge is 2.13. The van der Waals surface area contributed by atoms with Crippen LogP contribution in [0.3, 0.4) is 0 Å². The highest BCUT2D eigenvalue weighted by Crippen LogP contribution is 2.06. The summed E-state index contributed by atoms with van der Waals surface area (Å²) in [5.41, 5.74) is 0.899. The van der Waals surface area contributed by atoms with Crippen LogP contribution in [0.4, 0.5) is 0 Å². The van der Waals surface area contributed by atoms with E-state index in [1.54, 1.807) is 12.3 Å². The third-order valence-electron chi connectivity index (χ3n) is 2.58. The van der Waals surface area contributed by atoms with Crippen LogP contribution in [0.15, 0.2) is 18.5 Å². The predicted molar refractivity (Wildman–Crippen MR) is 78.7 cm³/mol. The maximum Gasteiger partial charge on any atom is 0.252 e. The zero-order chi connectivity index (χ0) is 15.0. The molecule has 5 nitrogen and oxygen atoms in total. The number of aromatic nitrogens is 1. The Morgan fingerprint density at radius 1 is 1.60 bits per heavy atom. The molecule has 2 unspecified atom stereocenters. The standard InChI is InChI=1S/C14H18N2O3S/c1-11(6-9-20(2)19)16-14(18)13-5-7-15-10-12(13)4-3-8-17/h5,7,10-11,17H,6,8-9H2,1-2H3,(H,16,18). The number of aliphatic hydroxyl groups is 1. The van der Waals surface area contributed by atoms with E-state index < -0.39 is 10.8 Å². The number of hydrogen-bond donors (Lipinski definition) is 2. The molecule has 6 heteroatoms. The second-order valence-electron chi connectivity index (χ2n) is 4.32. The quantitative estimate of drug-likeness (QED) is 0.766. The van der Waals surface area contributed by atoms with Crippen molar-refractivity contribution in [3.05, 3.63) is 29.6 Å². The van der Waals surface area contributed by atoms with Crippen LogP contribution in [-0.2, 0) is 10.8 Å². The van der Waals surface area contributed by atoms with Crippen molar-refractivity contribution in [3.63, 3.8) is 0 Å². The maximum atomic E-state index is 12.1. The average Bonchev–Trinajstić information content (AvgIpc) is 2.43. The first kappa shape index (κ1) is 16.3. The van der Waals surface area contributed by atoms with Crippen LogP contribution in [0.1, 0.15) is 29.3 Å². The number of pyridine rings is 1. The van der Waals surface area contributed by atoms with E-state index in [0.29, 0.717) is 23.3 Å². The van der Waals surface area contributed by atoms with Crippen LogP contribution in [0.25, 0.3) is 0 Å². The fourth-order valence-corrected chi connectivity index (χ4v) is 2.23. The molecular weight excluding hydrogens is 276 g/mol. The second kappa shape index (κ2) is 8.46. The fraction of sp³-hybridized carbons (Fsp3) is 0.429. The second-order valence-corrected chi connectivity index (χ2v) is 5.88. The molecule has 0 aliphatic heterocycles. The van der Waals surface area contributed by atoms with Gasteiger partial charge in [0, 0.05) is 41.2 Å². The van der Waals surface area contributed by atoms with Crippen LogP contribution in [0, 0.1) is 11.8 Å². The first-order valence-corrected chi connectivity index (χ1v) is 7.92. The van der Waals surface area contributed by atoms with E-state index in [1.807, 2.05) is 6.92 Å². The highest BCUT2D eigenvalue weighted by atomic mass is 32.2. The lowest BCUT2D eigenvalue weighted by atomic mass is 10.1. The van der Waals surface area contributed by atoms with Crippen LogP contribution in [-0.4, -0.2) is 44.9 Å². The minimum absolute atomic E-state index is 0.0711. The summed E-state index contributed by atoms with van der Waals surface area (Å²) in [7, 11) is -0.866. The van der Waals surface area contributed by atoms with Gasteiger partial charge in [-0.1, -0.05) is 11.8 Å². The van der Waals surface area contributed by atoms with Crippen molar-refractivity contribution < 1.29 is 14.1 Å². The van der Waals surface area contributed by atoms with Gasteiger partial charge in [0.15, 0.2) is 0 Å². The van der Waals surface area contributed by atoms with Gasteiger partial charge in [0.2, 0.25) is 0 Å². The Bertz CT molecular complexity index is 549. The average molecular weight is 294 g/mol. The van der Waals surface area contributed by atoms with Crippen molar-refractivity contribution in [1.82, 2.24) is 10.3 Å². The molecule has 1 aromatic heterocycles. The monoisotopic (exact) mass is 294 g/mol. The maximum absolute atomic E-state index is 12.1. The number of carbonyl (C=O) groups is 1. The van der Waals surface area contributed by atoms with Crippen molar-refractivity contribution in [2.75, 3.05) is 18.6 Å². The Labute approximate surface area is 121 Å². The van der Waals surface area contributed by atoms with Gasteiger partial charge in [-0.2, -0.15) is 0 Å². The van der Waals surface area contributed by atoms with Gasteiger partial charge in [-0.25, -0.2) is 0 Å². The lowest BCUT2D eigenvalue weighted by Gasteiger charge is -2.13. The van der Waals surface area contributed by atoms with Crippen LogP contribution in [0.5, 0.6) is 0 Å². The van der Waals surface area contributed by atoms with Crippen LogP contribution in [0.2, 0.25) is 0 Å². The summed E-state index contributed by atoms with van der Waals surface area (Å²) in [5.74, 6) is 5.50. The lowest BCUT2D eigenvalue weighted by molar-refractivity contribution is 0.0939. The van der Waals surface area contributed by atoms with Crippen molar-refractivity contribution in [2.24, 2.45) is 0 Å². The number of nitrogens with zero attached hydrogens (tertiary/aromatic N) is 1. The smallest absolute Gasteiger partial charge is 0.252 e. The summed E-state index contributed by atoms with van der Waals surface area (Å²) in [6.45, 7) is 1.60. The SMILES string of the molecule is CC(CCS(C)=O)NC(=O)c1ccncc1C#CCO. The number of aliphatic hydroxyl groups excluding tert-OH is 1. The zero-order valence-electron chi connectivity index (χ0n) is 11.5. The molecule has 0 spiro atoms. The normalized spacial score (nSPS) is 12.9. The Hall–Kier alpha value is -1.71. The molecule has 1 heterocycles. The minimum atomic E-state index is -0.866. The first-order valence-electron chi connectivity index (χ1n) is 6.19. The molecule has 0 saturated carbocycles. The van der Waals surface area contributed by atoms with E-state index in [0.717, 1.165) is 0 Å². The van der Waals surface area contributed by atoms with Crippen molar-refractivity contribution in [1.29, 1.82) is 0 Å². The molecule has 20 heavy (non-hydrogen) atoms. The molecule has 0 aromatic carbocycles. The van der Waals surface area contributed by atoms with E-state index >= 15 is 0 Å². The van der Waals surface area contributed by atoms with Gasteiger partial charge in [0.1, 0.15) is 6.61 Å². The molecule has 0 aliphatic carbocycles. The van der Waals surface area contributed by atoms with Crippen LogP contribution >= 0.6 is 0 Å². The summed E-state index contributed by atoms with van der Waals surface area (Å²) >= 11 is 0. The third-order valence-corrected chi connectivity index (χ3v) is 3.39. The molecule has 0 bridgehead atoms. The molecule has 0 saturated heterocycles. The van der Waals surface area contributed by atoms with Gasteiger partial charge >= 0.3 is 0 Å². The van der Waals surface area contributed by atoms with Crippen LogP contribution < -0.4 is 5.32 Å². The number of nitrogens with one attached hydrogen (secondary N) is 1. The van der Waals surface area contributed by atoms with E-state index in [1.165, 1.54) is 12.4 Å². The summed E-state index contributed by atoms with van der Waals surface area (Å²) in [5, 5.41) is 11.5. The van der Waals surface area contributed by atoms with Gasteiger partial charge in [0.05, 0.1) is 11.1 Å². The van der Waals surface area contributed by atoms with Gasteiger partial charge in [-0.05, 0) is 19.4 Å². The van der Waals surface area contributed by atoms with Crippen molar-refractivity contribution >= 4 is 16.7 Å². The fourth-order valence-electron chi connectivity index (χ4n) is 1.54. The molecule has 2 N–H and O–H groups in total. The Morgan fingerprint density at radius 3 is 3.00 bits per heavy atom. The number of hydrogen-bond acceptors (Lipinski definition) is 4. The van der Waals surface area contributed by atoms with E-state index in [9.17, 15) is 9.00 Å². The molecule has 1 aromatic rings. The molecule has 0 radical (unpaired) electrons. The zero-order valence-corrected chi connectivity index (χ0v) is 12.4. The third kappa shape index (κ3) is 5.51. The molecule has 108 valence electrons. The molecule has 0 aliphatic rings. The first-order chi connectivity index (χ1) is 9.54. The summed E-state index contributed by atoms with van der Waals surface area (Å²) < 4.78 is 11.0. The highest BCUT2D eigenvalue weighted by molar-refractivity contribution is 7.84. The molecule has 1 rings (SSSR count). The Kier molecular flexibility index (Phi) is 6.91. The number of amides is 1. The van der Waals surface area contributed by atoms with E-state index in [2.05, 4.69) is 22.1 Å². The topological polar surface area (TPSA) is 79.3 Å². The molecular formula is C14H18N2O3S. The largest absolute Gasteiger partial charge is 0.384 e. The molecule has 2 atom stereocenters. The number of rotatable bonds is 5.